The van der Waals surface area contributed by atoms with Crippen molar-refractivity contribution in [2.45, 2.75) is 31.9 Å². The van der Waals surface area contributed by atoms with Crippen LogP contribution in [0.5, 0.6) is 11.5 Å². The van der Waals surface area contributed by atoms with E-state index in [1.165, 1.54) is 0 Å². The van der Waals surface area contributed by atoms with E-state index in [2.05, 4.69) is 21.2 Å². The van der Waals surface area contributed by atoms with Gasteiger partial charge < -0.3 is 14.8 Å². The summed E-state index contributed by atoms with van der Waals surface area (Å²) >= 11 is 3.43. The molecule has 0 bridgehead atoms. The van der Waals surface area contributed by atoms with Crippen molar-refractivity contribution in [3.05, 3.63) is 58.1 Å². The minimum absolute atomic E-state index is 0.105. The zero-order valence-corrected chi connectivity index (χ0v) is 15.5. The van der Waals surface area contributed by atoms with Crippen LogP contribution in [0.15, 0.2) is 46.9 Å². The third-order valence-corrected chi connectivity index (χ3v) is 4.79. The van der Waals surface area contributed by atoms with Gasteiger partial charge in [0.2, 0.25) is 0 Å². The monoisotopic (exact) mass is 389 g/mol. The fourth-order valence-electron chi connectivity index (χ4n) is 2.97. The molecular weight excluding hydrogens is 370 g/mol. The van der Waals surface area contributed by atoms with Crippen molar-refractivity contribution in [2.24, 2.45) is 0 Å². The minimum atomic E-state index is -0.370. The lowest BCUT2D eigenvalue weighted by Gasteiger charge is -2.38. The number of carbonyl (C=O) groups is 1. The van der Waals surface area contributed by atoms with Crippen LogP contribution in [0.3, 0.4) is 0 Å². The topological polar surface area (TPSA) is 47.6 Å². The molecule has 0 radical (unpaired) electrons. The number of halogens is 1. The third-order valence-electron chi connectivity index (χ3n) is 4.10. The Morgan fingerprint density at radius 2 is 2.04 bits per heavy atom. The Labute approximate surface area is 150 Å². The second-order valence-electron chi connectivity index (χ2n) is 6.48. The van der Waals surface area contributed by atoms with Crippen LogP contribution in [0.25, 0.3) is 0 Å². The molecule has 1 atom stereocenters. The summed E-state index contributed by atoms with van der Waals surface area (Å²) < 4.78 is 12.1. The Bertz CT molecular complexity index is 773. The van der Waals surface area contributed by atoms with Crippen LogP contribution >= 0.6 is 15.9 Å². The third kappa shape index (κ3) is 3.41. The number of carbonyl (C=O) groups excluding carboxylic acids is 1. The Kier molecular flexibility index (Phi) is 4.54. The Hall–Kier alpha value is -2.01. The maximum Gasteiger partial charge on any atom is 0.252 e. The molecule has 0 saturated heterocycles. The van der Waals surface area contributed by atoms with Crippen LogP contribution in [-0.2, 0) is 0 Å². The summed E-state index contributed by atoms with van der Waals surface area (Å²) in [5, 5.41) is 3.14. The Morgan fingerprint density at radius 1 is 1.29 bits per heavy atom. The van der Waals surface area contributed by atoms with Crippen LogP contribution in [0.1, 0.15) is 42.2 Å². The standard InChI is InChI=1S/C19H20BrNO3/c1-19(2)11-16(14-9-8-12(23-3)10-17(14)24-19)21-18(22)13-6-4-5-7-15(13)20/h4-10,16H,11H2,1-3H3,(H,21,22). The van der Waals surface area contributed by atoms with Crippen molar-refractivity contribution in [3.8, 4) is 11.5 Å². The molecule has 1 aliphatic heterocycles. The van der Waals surface area contributed by atoms with Crippen molar-refractivity contribution >= 4 is 21.8 Å². The molecule has 5 heteroatoms. The normalized spacial score (nSPS) is 18.2. The number of benzene rings is 2. The van der Waals surface area contributed by atoms with E-state index in [0.29, 0.717) is 12.0 Å². The lowest BCUT2D eigenvalue weighted by Crippen LogP contribution is -2.41. The van der Waals surface area contributed by atoms with Crippen LogP contribution in [0.4, 0.5) is 0 Å². The molecule has 2 aromatic carbocycles. The quantitative estimate of drug-likeness (QED) is 0.840. The zero-order valence-electron chi connectivity index (χ0n) is 13.9. The summed E-state index contributed by atoms with van der Waals surface area (Å²) in [5.41, 5.74) is 1.22. The molecule has 4 nitrogen and oxygen atoms in total. The maximum atomic E-state index is 12.7. The highest BCUT2D eigenvalue weighted by Gasteiger charge is 2.35. The van der Waals surface area contributed by atoms with Crippen molar-refractivity contribution in [1.82, 2.24) is 5.32 Å². The van der Waals surface area contributed by atoms with Gasteiger partial charge in [0.05, 0.1) is 18.7 Å². The number of ether oxygens (including phenoxy) is 2. The number of hydrogen-bond acceptors (Lipinski definition) is 3. The largest absolute Gasteiger partial charge is 0.497 e. The summed E-state index contributed by atoms with van der Waals surface area (Å²) in [4.78, 5) is 12.7. The van der Waals surface area contributed by atoms with Gasteiger partial charge in [0, 0.05) is 22.5 Å². The van der Waals surface area contributed by atoms with Crippen LogP contribution in [-0.4, -0.2) is 18.6 Å². The molecule has 0 aromatic heterocycles. The van der Waals surface area contributed by atoms with Gasteiger partial charge >= 0.3 is 0 Å². The molecule has 2 aromatic rings. The number of fused-ring (bicyclic) bond motifs is 1. The smallest absolute Gasteiger partial charge is 0.252 e. The number of hydrogen-bond donors (Lipinski definition) is 1. The molecule has 0 fully saturated rings. The highest BCUT2D eigenvalue weighted by atomic mass is 79.9. The van der Waals surface area contributed by atoms with E-state index in [1.807, 2.05) is 50.2 Å². The molecule has 0 saturated carbocycles. The van der Waals surface area contributed by atoms with Gasteiger partial charge in [-0.3, -0.25) is 4.79 Å². The van der Waals surface area contributed by atoms with E-state index < -0.39 is 0 Å². The van der Waals surface area contributed by atoms with Gasteiger partial charge in [0.1, 0.15) is 17.1 Å². The fraction of sp³-hybridized carbons (Fsp3) is 0.316. The SMILES string of the molecule is COc1ccc2c(c1)OC(C)(C)CC2NC(=O)c1ccccc1Br. The first-order valence-electron chi connectivity index (χ1n) is 7.82. The first-order chi connectivity index (χ1) is 11.4. The molecule has 1 unspecified atom stereocenters. The highest BCUT2D eigenvalue weighted by Crippen LogP contribution is 2.41. The summed E-state index contributed by atoms with van der Waals surface area (Å²) in [7, 11) is 1.63. The molecule has 1 heterocycles. The first-order valence-corrected chi connectivity index (χ1v) is 8.61. The molecule has 0 spiro atoms. The average molecular weight is 390 g/mol. The second kappa shape index (κ2) is 6.48. The lowest BCUT2D eigenvalue weighted by molar-refractivity contribution is 0.0617. The number of amides is 1. The van der Waals surface area contributed by atoms with Gasteiger partial charge in [-0.05, 0) is 54.0 Å². The highest BCUT2D eigenvalue weighted by molar-refractivity contribution is 9.10. The molecular formula is C19H20BrNO3. The van der Waals surface area contributed by atoms with E-state index in [-0.39, 0.29) is 17.6 Å². The van der Waals surface area contributed by atoms with Gasteiger partial charge in [0.25, 0.3) is 5.91 Å². The van der Waals surface area contributed by atoms with Crippen molar-refractivity contribution in [2.75, 3.05) is 7.11 Å². The second-order valence-corrected chi connectivity index (χ2v) is 7.33. The fourth-order valence-corrected chi connectivity index (χ4v) is 3.43. The average Bonchev–Trinajstić information content (AvgIpc) is 2.53. The van der Waals surface area contributed by atoms with Crippen molar-refractivity contribution in [3.63, 3.8) is 0 Å². The summed E-state index contributed by atoms with van der Waals surface area (Å²) in [6.45, 7) is 4.04. The van der Waals surface area contributed by atoms with E-state index in [9.17, 15) is 4.79 Å². The van der Waals surface area contributed by atoms with Gasteiger partial charge in [-0.15, -0.1) is 0 Å². The predicted molar refractivity (Wildman–Crippen MR) is 96.7 cm³/mol. The number of nitrogens with one attached hydrogen (secondary N) is 1. The van der Waals surface area contributed by atoms with Crippen molar-refractivity contribution < 1.29 is 14.3 Å². The van der Waals surface area contributed by atoms with Crippen LogP contribution < -0.4 is 14.8 Å². The summed E-state index contributed by atoms with van der Waals surface area (Å²) in [6, 6.07) is 13.0. The molecule has 1 N–H and O–H groups in total. The molecule has 24 heavy (non-hydrogen) atoms. The van der Waals surface area contributed by atoms with Crippen molar-refractivity contribution in [1.29, 1.82) is 0 Å². The van der Waals surface area contributed by atoms with E-state index in [4.69, 9.17) is 9.47 Å². The molecule has 126 valence electrons. The zero-order chi connectivity index (χ0) is 17.3. The van der Waals surface area contributed by atoms with Gasteiger partial charge in [-0.25, -0.2) is 0 Å². The molecule has 1 aliphatic rings. The Balaban J connectivity index is 1.91. The lowest BCUT2D eigenvalue weighted by atomic mass is 9.89. The van der Waals surface area contributed by atoms with Crippen LogP contribution in [0.2, 0.25) is 0 Å². The van der Waals surface area contributed by atoms with E-state index in [0.717, 1.165) is 21.5 Å². The maximum absolute atomic E-state index is 12.7. The van der Waals surface area contributed by atoms with E-state index in [1.54, 1.807) is 13.2 Å². The van der Waals surface area contributed by atoms with Crippen LogP contribution in [0, 0.1) is 0 Å². The number of rotatable bonds is 3. The first kappa shape index (κ1) is 16.8. The predicted octanol–water partition coefficient (Wildman–Crippen LogP) is 4.49. The van der Waals surface area contributed by atoms with Gasteiger partial charge in [-0.1, -0.05) is 12.1 Å². The minimum Gasteiger partial charge on any atom is -0.497 e. The summed E-state index contributed by atoms with van der Waals surface area (Å²) in [6.07, 6.45) is 0.697. The Morgan fingerprint density at radius 3 is 2.75 bits per heavy atom. The van der Waals surface area contributed by atoms with E-state index >= 15 is 0 Å². The number of methoxy groups -OCH3 is 1. The van der Waals surface area contributed by atoms with Gasteiger partial charge in [-0.2, -0.15) is 0 Å². The molecule has 1 amide bonds. The van der Waals surface area contributed by atoms with Gasteiger partial charge in [0.15, 0.2) is 0 Å². The molecule has 0 aliphatic carbocycles. The summed E-state index contributed by atoms with van der Waals surface area (Å²) in [5.74, 6) is 1.39. The molecule has 3 rings (SSSR count).